The van der Waals surface area contributed by atoms with Crippen LogP contribution in [-0.4, -0.2) is 22.6 Å². The van der Waals surface area contributed by atoms with Gasteiger partial charge in [0.05, 0.1) is 0 Å². The minimum absolute atomic E-state index is 0.226. The Morgan fingerprint density at radius 2 is 1.89 bits per heavy atom. The van der Waals surface area contributed by atoms with Crippen LogP contribution >= 0.6 is 12.2 Å². The number of benzene rings is 1. The SMILES string of the molecule is CCN(C(=S)Nc1ccc(F)cc1)C1CCCCC1. The lowest BCUT2D eigenvalue weighted by Crippen LogP contribution is -2.43. The van der Waals surface area contributed by atoms with E-state index in [0.717, 1.165) is 17.3 Å². The summed E-state index contributed by atoms with van der Waals surface area (Å²) in [5.41, 5.74) is 0.848. The molecule has 0 heterocycles. The van der Waals surface area contributed by atoms with Crippen molar-refractivity contribution in [3.63, 3.8) is 0 Å². The Bertz CT molecular complexity index is 413. The maximum absolute atomic E-state index is 12.9. The third kappa shape index (κ3) is 3.90. The summed E-state index contributed by atoms with van der Waals surface area (Å²) >= 11 is 5.49. The molecular weight excluding hydrogens is 259 g/mol. The first kappa shape index (κ1) is 14.3. The minimum Gasteiger partial charge on any atom is -0.346 e. The highest BCUT2D eigenvalue weighted by Gasteiger charge is 2.21. The molecule has 0 saturated heterocycles. The molecule has 1 aliphatic carbocycles. The van der Waals surface area contributed by atoms with E-state index in [2.05, 4.69) is 17.1 Å². The lowest BCUT2D eigenvalue weighted by molar-refractivity contribution is 0.255. The van der Waals surface area contributed by atoms with Gasteiger partial charge in [0.25, 0.3) is 0 Å². The Morgan fingerprint density at radius 3 is 2.47 bits per heavy atom. The van der Waals surface area contributed by atoms with Crippen LogP contribution in [0.4, 0.5) is 10.1 Å². The van der Waals surface area contributed by atoms with Gasteiger partial charge in [-0.2, -0.15) is 0 Å². The van der Waals surface area contributed by atoms with Gasteiger partial charge in [-0.25, -0.2) is 4.39 Å². The molecule has 0 unspecified atom stereocenters. The maximum atomic E-state index is 12.9. The van der Waals surface area contributed by atoms with Crippen LogP contribution in [0.1, 0.15) is 39.0 Å². The first-order valence-electron chi connectivity index (χ1n) is 7.04. The lowest BCUT2D eigenvalue weighted by atomic mass is 9.94. The van der Waals surface area contributed by atoms with Crippen molar-refractivity contribution in [2.45, 2.75) is 45.1 Å². The number of thiocarbonyl (C=S) groups is 1. The van der Waals surface area contributed by atoms with Crippen molar-refractivity contribution >= 4 is 23.0 Å². The van der Waals surface area contributed by atoms with E-state index in [0.29, 0.717) is 6.04 Å². The molecular formula is C15H21FN2S. The Balaban J connectivity index is 1.97. The molecule has 1 aliphatic rings. The van der Waals surface area contributed by atoms with Crippen molar-refractivity contribution in [3.05, 3.63) is 30.1 Å². The van der Waals surface area contributed by atoms with E-state index in [1.807, 2.05) is 0 Å². The number of hydrogen-bond acceptors (Lipinski definition) is 1. The monoisotopic (exact) mass is 280 g/mol. The van der Waals surface area contributed by atoms with Crippen molar-refractivity contribution in [1.29, 1.82) is 0 Å². The normalized spacial score (nSPS) is 16.1. The van der Waals surface area contributed by atoms with E-state index in [4.69, 9.17) is 12.2 Å². The van der Waals surface area contributed by atoms with Gasteiger partial charge in [0, 0.05) is 18.3 Å². The average Bonchev–Trinajstić information content (AvgIpc) is 2.43. The van der Waals surface area contributed by atoms with Crippen LogP contribution < -0.4 is 5.32 Å². The van der Waals surface area contributed by atoms with Crippen molar-refractivity contribution in [3.8, 4) is 0 Å². The van der Waals surface area contributed by atoms with E-state index in [1.54, 1.807) is 12.1 Å². The Hall–Kier alpha value is -1.16. The van der Waals surface area contributed by atoms with Crippen LogP contribution in [0.15, 0.2) is 24.3 Å². The first-order valence-corrected chi connectivity index (χ1v) is 7.44. The summed E-state index contributed by atoms with van der Waals surface area (Å²) in [5.74, 6) is -0.226. The lowest BCUT2D eigenvalue weighted by Gasteiger charge is -2.35. The van der Waals surface area contributed by atoms with Gasteiger partial charge < -0.3 is 10.2 Å². The van der Waals surface area contributed by atoms with E-state index in [-0.39, 0.29) is 5.82 Å². The first-order chi connectivity index (χ1) is 9.20. The summed E-state index contributed by atoms with van der Waals surface area (Å²) in [5, 5.41) is 3.96. The van der Waals surface area contributed by atoms with Gasteiger partial charge in [0.1, 0.15) is 5.82 Å². The molecule has 1 saturated carbocycles. The quantitative estimate of drug-likeness (QED) is 0.836. The van der Waals surface area contributed by atoms with Crippen LogP contribution in [-0.2, 0) is 0 Å². The fraction of sp³-hybridized carbons (Fsp3) is 0.533. The predicted molar refractivity (Wildman–Crippen MR) is 81.9 cm³/mol. The average molecular weight is 280 g/mol. The molecule has 19 heavy (non-hydrogen) atoms. The summed E-state index contributed by atoms with van der Waals surface area (Å²) in [7, 11) is 0. The van der Waals surface area contributed by atoms with Crippen LogP contribution in [0.2, 0.25) is 0 Å². The Kier molecular flexibility index (Phi) is 5.14. The van der Waals surface area contributed by atoms with Gasteiger partial charge in [-0.3, -0.25) is 0 Å². The minimum atomic E-state index is -0.226. The van der Waals surface area contributed by atoms with Gasteiger partial charge in [0.15, 0.2) is 5.11 Å². The summed E-state index contributed by atoms with van der Waals surface area (Å²) in [6, 6.07) is 6.88. The number of rotatable bonds is 3. The highest BCUT2D eigenvalue weighted by atomic mass is 32.1. The molecule has 0 amide bonds. The highest BCUT2D eigenvalue weighted by Crippen LogP contribution is 2.23. The zero-order valence-corrected chi connectivity index (χ0v) is 12.2. The molecule has 0 aromatic heterocycles. The molecule has 0 aliphatic heterocycles. The number of hydrogen-bond donors (Lipinski definition) is 1. The second-order valence-corrected chi connectivity index (χ2v) is 5.40. The van der Waals surface area contributed by atoms with E-state index >= 15 is 0 Å². The third-order valence-electron chi connectivity index (χ3n) is 3.71. The molecule has 1 aromatic rings. The Labute approximate surface area is 120 Å². The second-order valence-electron chi connectivity index (χ2n) is 5.01. The van der Waals surface area contributed by atoms with Crippen molar-refractivity contribution in [1.82, 2.24) is 4.90 Å². The fourth-order valence-electron chi connectivity index (χ4n) is 2.69. The molecule has 4 heteroatoms. The van der Waals surface area contributed by atoms with Crippen LogP contribution in [0.25, 0.3) is 0 Å². The molecule has 2 nitrogen and oxygen atoms in total. The molecule has 104 valence electrons. The largest absolute Gasteiger partial charge is 0.346 e. The molecule has 0 bridgehead atoms. The molecule has 0 spiro atoms. The molecule has 0 radical (unpaired) electrons. The highest BCUT2D eigenvalue weighted by molar-refractivity contribution is 7.80. The zero-order valence-electron chi connectivity index (χ0n) is 11.4. The number of nitrogens with zero attached hydrogens (tertiary/aromatic N) is 1. The summed E-state index contributed by atoms with van der Waals surface area (Å²) < 4.78 is 12.9. The predicted octanol–water partition coefficient (Wildman–Crippen LogP) is 4.18. The summed E-state index contributed by atoms with van der Waals surface area (Å²) in [6.45, 7) is 3.05. The van der Waals surface area contributed by atoms with Crippen molar-refractivity contribution in [2.24, 2.45) is 0 Å². The molecule has 1 N–H and O–H groups in total. The molecule has 2 rings (SSSR count). The Morgan fingerprint density at radius 1 is 1.26 bits per heavy atom. The number of nitrogens with one attached hydrogen (secondary N) is 1. The van der Waals surface area contributed by atoms with Gasteiger partial charge in [-0.1, -0.05) is 19.3 Å². The van der Waals surface area contributed by atoms with Crippen LogP contribution in [0.5, 0.6) is 0 Å². The summed E-state index contributed by atoms with van der Waals surface area (Å²) in [4.78, 5) is 2.26. The smallest absolute Gasteiger partial charge is 0.173 e. The molecule has 1 aromatic carbocycles. The van der Waals surface area contributed by atoms with Crippen molar-refractivity contribution < 1.29 is 4.39 Å². The van der Waals surface area contributed by atoms with Gasteiger partial charge >= 0.3 is 0 Å². The van der Waals surface area contributed by atoms with Crippen LogP contribution in [0.3, 0.4) is 0 Å². The van der Waals surface area contributed by atoms with Crippen molar-refractivity contribution in [2.75, 3.05) is 11.9 Å². The third-order valence-corrected chi connectivity index (χ3v) is 4.05. The van der Waals surface area contributed by atoms with Crippen LogP contribution in [0, 0.1) is 5.82 Å². The standard InChI is InChI=1S/C15H21FN2S/c1-2-18(14-6-4-3-5-7-14)15(19)17-13-10-8-12(16)9-11-13/h8-11,14H,2-7H2,1H3,(H,17,19). The van der Waals surface area contributed by atoms with E-state index in [1.165, 1.54) is 44.2 Å². The molecule has 1 fully saturated rings. The molecule has 0 atom stereocenters. The van der Waals surface area contributed by atoms with E-state index < -0.39 is 0 Å². The summed E-state index contributed by atoms with van der Waals surface area (Å²) in [6.07, 6.45) is 6.37. The topological polar surface area (TPSA) is 15.3 Å². The van der Waals surface area contributed by atoms with Gasteiger partial charge in [-0.05, 0) is 56.2 Å². The van der Waals surface area contributed by atoms with Gasteiger partial charge in [-0.15, -0.1) is 0 Å². The second kappa shape index (κ2) is 6.85. The van der Waals surface area contributed by atoms with E-state index in [9.17, 15) is 4.39 Å². The van der Waals surface area contributed by atoms with Gasteiger partial charge in [0.2, 0.25) is 0 Å². The fourth-order valence-corrected chi connectivity index (χ4v) is 3.08. The number of halogens is 1. The zero-order chi connectivity index (χ0) is 13.7. The number of anilines is 1. The maximum Gasteiger partial charge on any atom is 0.173 e.